The summed E-state index contributed by atoms with van der Waals surface area (Å²) in [4.78, 5) is 0. The molecule has 0 aromatic heterocycles. The molecule has 6 heteroatoms. The molecule has 0 spiro atoms. The van der Waals surface area contributed by atoms with Gasteiger partial charge in [0, 0.05) is 0 Å². The maximum absolute atomic E-state index is 14.2. The standard InChI is InChI=1S/C24H26Si.2C6H5FO.Zr/c1-5-17-15-19-11-7-9-13-21(19)23(17)25(3,4)24-18(6-2)16-20-12-8-10-14-22(20)24;2*7-5-1-3-6(8)4-2-5;/h7-16H,5-6H2,1-4H3;2*1-4,8H;/q;;;+2/p-2. The van der Waals surface area contributed by atoms with Gasteiger partial charge in [0.1, 0.15) is 0 Å². The van der Waals surface area contributed by atoms with Crippen molar-refractivity contribution < 1.29 is 35.6 Å². The Labute approximate surface area is 253 Å². The van der Waals surface area contributed by atoms with Crippen molar-refractivity contribution in [2.75, 3.05) is 0 Å². The van der Waals surface area contributed by atoms with E-state index in [4.69, 9.17) is 5.63 Å². The molecule has 2 aliphatic carbocycles. The molecule has 2 unspecified atom stereocenters. The average Bonchev–Trinajstić information content (AvgIpc) is 3.54. The Morgan fingerprint density at radius 3 is 1.36 bits per heavy atom. The van der Waals surface area contributed by atoms with Gasteiger partial charge in [0.15, 0.2) is 0 Å². The molecule has 1 heterocycles. The van der Waals surface area contributed by atoms with E-state index in [0.29, 0.717) is 11.5 Å². The van der Waals surface area contributed by atoms with Crippen LogP contribution >= 0.6 is 0 Å². The van der Waals surface area contributed by atoms with Gasteiger partial charge in [0.2, 0.25) is 0 Å². The Balaban J connectivity index is 1.62. The number of fused-ring (bicyclic) bond motifs is 8. The summed E-state index contributed by atoms with van der Waals surface area (Å²) in [5.41, 5.74) is 8.08. The van der Waals surface area contributed by atoms with Gasteiger partial charge in [0.25, 0.3) is 0 Å². The Bertz CT molecular complexity index is 1630. The zero-order valence-electron chi connectivity index (χ0n) is 24.4. The van der Waals surface area contributed by atoms with Gasteiger partial charge in [-0.3, -0.25) is 0 Å². The van der Waals surface area contributed by atoms with Crippen LogP contribution in [0, 0.1) is 11.6 Å². The van der Waals surface area contributed by atoms with Crippen molar-refractivity contribution in [1.29, 1.82) is 0 Å². The predicted octanol–water partition coefficient (Wildman–Crippen LogP) is 10.0. The molecule has 3 aliphatic rings. The molecule has 0 saturated carbocycles. The second kappa shape index (κ2) is 10.3. The van der Waals surface area contributed by atoms with E-state index >= 15 is 0 Å². The number of allylic oxidation sites excluding steroid dienone is 2. The molecule has 4 bridgehead atoms. The summed E-state index contributed by atoms with van der Waals surface area (Å²) >= 11 is -4.68. The number of hydrogen-bond donors (Lipinski definition) is 0. The van der Waals surface area contributed by atoms with Crippen LogP contribution in [-0.4, -0.2) is 8.07 Å². The summed E-state index contributed by atoms with van der Waals surface area (Å²) in [6.07, 6.45) is 1.78. The van der Waals surface area contributed by atoms with Gasteiger partial charge in [-0.1, -0.05) is 0 Å². The molecule has 4 aromatic rings. The molecule has 4 aromatic carbocycles. The van der Waals surface area contributed by atoms with Crippen molar-refractivity contribution in [2.24, 2.45) is 0 Å². The predicted molar refractivity (Wildman–Crippen MR) is 164 cm³/mol. The molecule has 212 valence electrons. The Morgan fingerprint density at radius 1 is 0.595 bits per heavy atom. The molecule has 2 nitrogen and oxygen atoms in total. The molecular weight excluding hydrogens is 622 g/mol. The van der Waals surface area contributed by atoms with Gasteiger partial charge in [-0.2, -0.15) is 0 Å². The molecule has 7 rings (SSSR count). The first-order valence-corrected chi connectivity index (χ1v) is 22.7. The third-order valence-corrected chi connectivity index (χ3v) is 23.0. The van der Waals surface area contributed by atoms with Crippen molar-refractivity contribution in [3.8, 4) is 11.5 Å². The SMILES string of the molecule is CCC1=C2c3ccccc3[CH]1[Zr]([O]c1ccc(F)cc1)([O]c1ccc(F)cc1)[CH]1C(CC)=C(c3ccccc31)[Si]2(C)C. The Morgan fingerprint density at radius 2 is 0.976 bits per heavy atom. The van der Waals surface area contributed by atoms with Crippen LogP contribution < -0.4 is 5.63 Å². The van der Waals surface area contributed by atoms with E-state index in [0.717, 1.165) is 12.8 Å². The van der Waals surface area contributed by atoms with Gasteiger partial charge < -0.3 is 0 Å². The van der Waals surface area contributed by atoms with E-state index < -0.39 is 29.2 Å². The van der Waals surface area contributed by atoms with Crippen LogP contribution in [0.2, 0.25) is 13.1 Å². The topological polar surface area (TPSA) is 18.5 Å². The van der Waals surface area contributed by atoms with E-state index in [9.17, 15) is 8.78 Å². The summed E-state index contributed by atoms with van der Waals surface area (Å²) in [6.45, 7) is 9.56. The zero-order valence-corrected chi connectivity index (χ0v) is 27.8. The molecule has 0 amide bonds. The van der Waals surface area contributed by atoms with Gasteiger partial charge >= 0.3 is 255 Å². The van der Waals surface area contributed by atoms with Crippen molar-refractivity contribution in [1.82, 2.24) is 0 Å². The molecule has 0 radical (unpaired) electrons. The summed E-state index contributed by atoms with van der Waals surface area (Å²) in [5, 5.41) is 3.02. The van der Waals surface area contributed by atoms with E-state index in [1.807, 2.05) is 0 Å². The number of rotatable bonds is 6. The normalized spacial score (nSPS) is 21.0. The Hall–Kier alpha value is -3.08. The summed E-state index contributed by atoms with van der Waals surface area (Å²) < 4.78 is 43.2. The molecule has 0 N–H and O–H groups in total. The van der Waals surface area contributed by atoms with Gasteiger partial charge in [-0.25, -0.2) is 0 Å². The van der Waals surface area contributed by atoms with Crippen LogP contribution in [0.1, 0.15) is 56.2 Å². The monoisotopic (exact) mass is 654 g/mol. The minimum absolute atomic E-state index is 0.0309. The first kappa shape index (κ1) is 27.7. The van der Waals surface area contributed by atoms with Crippen LogP contribution in [0.15, 0.2) is 108 Å². The molecule has 0 saturated heterocycles. The number of halogens is 2. The van der Waals surface area contributed by atoms with Gasteiger partial charge in [-0.05, 0) is 0 Å². The van der Waals surface area contributed by atoms with E-state index in [2.05, 4.69) is 75.5 Å². The first-order valence-electron chi connectivity index (χ1n) is 14.8. The number of benzene rings is 4. The van der Waals surface area contributed by atoms with Crippen LogP contribution in [0.25, 0.3) is 10.4 Å². The number of hydrogen-bond acceptors (Lipinski definition) is 2. The fourth-order valence-electron chi connectivity index (χ4n) is 8.04. The van der Waals surface area contributed by atoms with Crippen molar-refractivity contribution >= 4 is 18.5 Å². The Kier molecular flexibility index (Phi) is 6.79. The van der Waals surface area contributed by atoms with Crippen molar-refractivity contribution in [3.05, 3.63) is 142 Å². The molecule has 1 aliphatic heterocycles. The van der Waals surface area contributed by atoms with Crippen molar-refractivity contribution in [3.63, 3.8) is 0 Å². The van der Waals surface area contributed by atoms with E-state index in [1.54, 1.807) is 24.3 Å². The molecule has 42 heavy (non-hydrogen) atoms. The first-order chi connectivity index (χ1) is 20.3. The average molecular weight is 656 g/mol. The minimum atomic E-state index is -4.68. The zero-order chi connectivity index (χ0) is 29.2. The third kappa shape index (κ3) is 4.02. The second-order valence-electron chi connectivity index (χ2n) is 12.0. The summed E-state index contributed by atoms with van der Waals surface area (Å²) in [7, 11) is -2.20. The second-order valence-corrected chi connectivity index (χ2v) is 23.6. The van der Waals surface area contributed by atoms with E-state index in [-0.39, 0.29) is 18.9 Å². The fourth-order valence-corrected chi connectivity index (χ4v) is 25.1. The quantitative estimate of drug-likeness (QED) is 0.193. The fraction of sp³-hybridized carbons (Fsp3) is 0.222. The van der Waals surface area contributed by atoms with Gasteiger partial charge in [-0.15, -0.1) is 0 Å². The van der Waals surface area contributed by atoms with Crippen LogP contribution in [0.5, 0.6) is 11.5 Å². The van der Waals surface area contributed by atoms with E-state index in [1.165, 1.54) is 68.1 Å². The maximum atomic E-state index is 14.2. The van der Waals surface area contributed by atoms with Crippen LogP contribution in [0.4, 0.5) is 8.78 Å². The summed E-state index contributed by atoms with van der Waals surface area (Å²) in [5.74, 6) is 0.631. The molecular formula is C36H34F2O2SiZr. The third-order valence-electron chi connectivity index (χ3n) is 9.42. The molecule has 2 atom stereocenters. The van der Waals surface area contributed by atoms with Crippen LogP contribution in [0.3, 0.4) is 0 Å². The van der Waals surface area contributed by atoms with Gasteiger partial charge in [0.05, 0.1) is 0 Å². The van der Waals surface area contributed by atoms with Crippen LogP contribution in [-0.2, 0) is 21.1 Å². The molecule has 0 fully saturated rings. The van der Waals surface area contributed by atoms with Crippen molar-refractivity contribution in [2.45, 2.75) is 47.0 Å². The summed E-state index contributed by atoms with van der Waals surface area (Å²) in [6, 6.07) is 30.4.